The van der Waals surface area contributed by atoms with E-state index in [1.54, 1.807) is 19.9 Å². The number of nitrogens with zero attached hydrogens (tertiary/aromatic N) is 2. The lowest BCUT2D eigenvalue weighted by Gasteiger charge is -2.23. The van der Waals surface area contributed by atoms with Gasteiger partial charge in [-0.3, -0.25) is 4.79 Å². The fraction of sp³-hybridized carbons (Fsp3) is 0.615. The highest BCUT2D eigenvalue weighted by molar-refractivity contribution is 5.86. The van der Waals surface area contributed by atoms with Crippen LogP contribution in [0.2, 0.25) is 0 Å². The summed E-state index contributed by atoms with van der Waals surface area (Å²) in [4.78, 5) is 20.0. The molecule has 1 amide bonds. The summed E-state index contributed by atoms with van der Waals surface area (Å²) >= 11 is 0. The Balaban J connectivity index is 2.98. The zero-order valence-corrected chi connectivity index (χ0v) is 12.5. The molecular weight excluding hydrogens is 258 g/mol. The maximum Gasteiger partial charge on any atom is 0.242 e. The van der Waals surface area contributed by atoms with E-state index in [1.807, 2.05) is 13.8 Å². The van der Waals surface area contributed by atoms with E-state index >= 15 is 0 Å². The molecule has 0 atom stereocenters. The monoisotopic (exact) mass is 281 g/mol. The van der Waals surface area contributed by atoms with Crippen LogP contribution in [0.5, 0.6) is 0 Å². The van der Waals surface area contributed by atoms with Gasteiger partial charge in [0.1, 0.15) is 23.8 Å². The minimum atomic E-state index is -0.888. The number of hydrogen-bond acceptors (Lipinski definition) is 6. The number of carbonyl (C=O) groups excluding carboxylic acids is 1. The molecule has 112 valence electrons. The first-order valence-corrected chi connectivity index (χ1v) is 6.66. The van der Waals surface area contributed by atoms with Gasteiger partial charge in [0.05, 0.1) is 0 Å². The lowest BCUT2D eigenvalue weighted by molar-refractivity contribution is -0.121. The van der Waals surface area contributed by atoms with Crippen molar-refractivity contribution in [1.29, 1.82) is 0 Å². The van der Waals surface area contributed by atoms with Crippen molar-refractivity contribution in [3.63, 3.8) is 0 Å². The Labute approximate surface area is 119 Å². The zero-order chi connectivity index (χ0) is 15.2. The summed E-state index contributed by atoms with van der Waals surface area (Å²) in [5, 5.41) is 6.13. The van der Waals surface area contributed by atoms with Gasteiger partial charge in [-0.15, -0.1) is 0 Å². The molecule has 0 bridgehead atoms. The quantitative estimate of drug-likeness (QED) is 0.660. The Morgan fingerprint density at radius 2 is 2.00 bits per heavy atom. The van der Waals surface area contributed by atoms with Gasteiger partial charge in [0.15, 0.2) is 5.82 Å². The third-order valence-corrected chi connectivity index (χ3v) is 2.62. The average molecular weight is 281 g/mol. The Bertz CT molecular complexity index is 462. The third-order valence-electron chi connectivity index (χ3n) is 2.62. The lowest BCUT2D eigenvalue weighted by atomic mass is 10.1. The molecule has 1 aromatic rings. The van der Waals surface area contributed by atoms with Crippen LogP contribution in [0.3, 0.4) is 0 Å². The lowest BCUT2D eigenvalue weighted by Crippen LogP contribution is -2.45. The smallest absolute Gasteiger partial charge is 0.242 e. The van der Waals surface area contributed by atoms with E-state index in [2.05, 4.69) is 20.6 Å². The Kier molecular flexibility index (Phi) is 5.69. The van der Waals surface area contributed by atoms with Crippen LogP contribution in [0.4, 0.5) is 11.6 Å². The van der Waals surface area contributed by atoms with E-state index in [0.717, 1.165) is 6.54 Å². The maximum absolute atomic E-state index is 11.4. The predicted molar refractivity (Wildman–Crippen MR) is 78.4 cm³/mol. The molecule has 0 fully saturated rings. The summed E-state index contributed by atoms with van der Waals surface area (Å²) in [6.07, 6.45) is 0. The van der Waals surface area contributed by atoms with E-state index in [0.29, 0.717) is 30.7 Å². The molecule has 0 unspecified atom stereocenters. The van der Waals surface area contributed by atoms with Crippen LogP contribution < -0.4 is 16.4 Å². The van der Waals surface area contributed by atoms with Crippen LogP contribution in [0, 0.1) is 0 Å². The van der Waals surface area contributed by atoms with Crippen LogP contribution in [0.25, 0.3) is 0 Å². The standard InChI is InChI=1S/C13H23N5O2/c1-5-15-9-7-10(18-13(3,4)12(14)19)17-11(16-9)8-20-6-2/h7H,5-6,8H2,1-4H3,(H2,14,19)(H2,15,16,17,18). The number of carbonyl (C=O) groups is 1. The second kappa shape index (κ2) is 7.04. The van der Waals surface area contributed by atoms with Gasteiger partial charge in [-0.25, -0.2) is 9.97 Å². The van der Waals surface area contributed by atoms with Gasteiger partial charge >= 0.3 is 0 Å². The van der Waals surface area contributed by atoms with Crippen molar-refractivity contribution in [1.82, 2.24) is 9.97 Å². The van der Waals surface area contributed by atoms with Gasteiger partial charge in [0.25, 0.3) is 0 Å². The molecule has 4 N–H and O–H groups in total. The third kappa shape index (κ3) is 4.65. The minimum absolute atomic E-state index is 0.321. The fourth-order valence-corrected chi connectivity index (χ4v) is 1.47. The van der Waals surface area contributed by atoms with Gasteiger partial charge in [0, 0.05) is 19.2 Å². The Morgan fingerprint density at radius 3 is 2.55 bits per heavy atom. The number of rotatable bonds is 8. The highest BCUT2D eigenvalue weighted by atomic mass is 16.5. The summed E-state index contributed by atoms with van der Waals surface area (Å²) in [5.41, 5.74) is 4.46. The molecule has 20 heavy (non-hydrogen) atoms. The number of nitrogens with one attached hydrogen (secondary N) is 2. The molecule has 7 nitrogen and oxygen atoms in total. The molecule has 0 radical (unpaired) electrons. The summed E-state index contributed by atoms with van der Waals surface area (Å²) < 4.78 is 5.31. The van der Waals surface area contributed by atoms with Crippen LogP contribution in [0.15, 0.2) is 6.07 Å². The van der Waals surface area contributed by atoms with Gasteiger partial charge < -0.3 is 21.1 Å². The molecule has 0 aliphatic heterocycles. The van der Waals surface area contributed by atoms with Crippen LogP contribution in [-0.4, -0.2) is 34.6 Å². The highest BCUT2D eigenvalue weighted by Gasteiger charge is 2.25. The molecule has 0 saturated carbocycles. The van der Waals surface area contributed by atoms with E-state index < -0.39 is 11.4 Å². The molecule has 1 heterocycles. The highest BCUT2D eigenvalue weighted by Crippen LogP contribution is 2.16. The first-order chi connectivity index (χ1) is 9.39. The number of amides is 1. The largest absolute Gasteiger partial charge is 0.374 e. The summed E-state index contributed by atoms with van der Waals surface area (Å²) in [6.45, 7) is 8.93. The van der Waals surface area contributed by atoms with Crippen LogP contribution in [0.1, 0.15) is 33.5 Å². The summed E-state index contributed by atoms with van der Waals surface area (Å²) in [5.74, 6) is 1.31. The van der Waals surface area contributed by atoms with E-state index in [-0.39, 0.29) is 0 Å². The van der Waals surface area contributed by atoms with Crippen LogP contribution >= 0.6 is 0 Å². The number of anilines is 2. The van der Waals surface area contributed by atoms with Crippen molar-refractivity contribution in [3.05, 3.63) is 11.9 Å². The minimum Gasteiger partial charge on any atom is -0.374 e. The molecule has 0 spiro atoms. The number of primary amides is 1. The summed E-state index contributed by atoms with van der Waals surface area (Å²) in [6, 6.07) is 1.74. The first kappa shape index (κ1) is 16.2. The first-order valence-electron chi connectivity index (χ1n) is 6.66. The topological polar surface area (TPSA) is 102 Å². The van der Waals surface area contributed by atoms with Crippen LogP contribution in [-0.2, 0) is 16.1 Å². The van der Waals surface area contributed by atoms with Gasteiger partial charge in [-0.1, -0.05) is 0 Å². The molecular formula is C13H23N5O2. The predicted octanol–water partition coefficient (Wildman–Crippen LogP) is 1.12. The van der Waals surface area contributed by atoms with E-state index in [4.69, 9.17) is 10.5 Å². The van der Waals surface area contributed by atoms with E-state index in [1.165, 1.54) is 0 Å². The summed E-state index contributed by atoms with van der Waals surface area (Å²) in [7, 11) is 0. The molecule has 0 saturated heterocycles. The van der Waals surface area contributed by atoms with Crippen molar-refractivity contribution in [2.24, 2.45) is 5.73 Å². The fourth-order valence-electron chi connectivity index (χ4n) is 1.47. The molecule has 0 aliphatic rings. The SMILES string of the molecule is CCNc1cc(NC(C)(C)C(N)=O)nc(COCC)n1. The molecule has 0 aromatic carbocycles. The van der Waals surface area contributed by atoms with E-state index in [9.17, 15) is 4.79 Å². The number of ether oxygens (including phenoxy) is 1. The van der Waals surface area contributed by atoms with Gasteiger partial charge in [-0.2, -0.15) is 0 Å². The number of nitrogens with two attached hydrogens (primary N) is 1. The number of aromatic nitrogens is 2. The van der Waals surface area contributed by atoms with Crippen molar-refractivity contribution < 1.29 is 9.53 Å². The Hall–Kier alpha value is -1.89. The average Bonchev–Trinajstić information content (AvgIpc) is 2.35. The van der Waals surface area contributed by atoms with Gasteiger partial charge in [-0.05, 0) is 27.7 Å². The zero-order valence-electron chi connectivity index (χ0n) is 12.5. The van der Waals surface area contributed by atoms with Gasteiger partial charge in [0.2, 0.25) is 5.91 Å². The molecule has 0 aliphatic carbocycles. The molecule has 1 aromatic heterocycles. The van der Waals surface area contributed by atoms with Crippen molar-refractivity contribution >= 4 is 17.5 Å². The maximum atomic E-state index is 11.4. The van der Waals surface area contributed by atoms with Crippen molar-refractivity contribution in [3.8, 4) is 0 Å². The van der Waals surface area contributed by atoms with Crippen molar-refractivity contribution in [2.75, 3.05) is 23.8 Å². The normalized spacial score (nSPS) is 11.2. The molecule has 7 heteroatoms. The Morgan fingerprint density at radius 1 is 1.35 bits per heavy atom. The molecule has 1 rings (SSSR count). The second-order valence-corrected chi connectivity index (χ2v) is 4.84. The number of hydrogen-bond donors (Lipinski definition) is 3. The van der Waals surface area contributed by atoms with Crippen molar-refractivity contribution in [2.45, 2.75) is 39.8 Å². The second-order valence-electron chi connectivity index (χ2n) is 4.84.